The van der Waals surface area contributed by atoms with Gasteiger partial charge in [-0.1, -0.05) is 6.07 Å². The van der Waals surface area contributed by atoms with Crippen molar-refractivity contribution >= 4 is 23.2 Å². The lowest BCUT2D eigenvalue weighted by atomic mass is 9.57. The smallest absolute Gasteiger partial charge is 0.255 e. The Balaban J connectivity index is 1.92. The van der Waals surface area contributed by atoms with Gasteiger partial charge in [-0.3, -0.25) is 19.3 Å². The molecule has 0 radical (unpaired) electrons. The van der Waals surface area contributed by atoms with Gasteiger partial charge in [0.2, 0.25) is 5.78 Å². The summed E-state index contributed by atoms with van der Waals surface area (Å²) < 4.78 is 0. The third kappa shape index (κ3) is 3.55. The maximum Gasteiger partial charge on any atom is 0.255 e. The molecule has 7 N–H and O–H groups in total. The molecule has 1 aromatic rings. The van der Waals surface area contributed by atoms with Gasteiger partial charge in [0.25, 0.3) is 5.91 Å². The van der Waals surface area contributed by atoms with E-state index in [1.165, 1.54) is 11.0 Å². The number of rotatable bonds is 5. The van der Waals surface area contributed by atoms with E-state index in [0.717, 1.165) is 5.56 Å². The van der Waals surface area contributed by atoms with Crippen LogP contribution >= 0.6 is 0 Å². The van der Waals surface area contributed by atoms with E-state index < -0.39 is 64.1 Å². The summed E-state index contributed by atoms with van der Waals surface area (Å²) in [7, 11) is 3.11. The van der Waals surface area contributed by atoms with Gasteiger partial charge in [0, 0.05) is 11.5 Å². The molecule has 5 atom stereocenters. The second kappa shape index (κ2) is 8.47. The lowest BCUT2D eigenvalue weighted by molar-refractivity contribution is -0.153. The number of primary amides is 1. The monoisotopic (exact) mass is 486 g/mol. The van der Waals surface area contributed by atoms with Gasteiger partial charge in [-0.15, -0.1) is 0 Å². The fraction of sp³-hybridized carbons (Fsp3) is 0.480. The van der Waals surface area contributed by atoms with Crippen LogP contribution < -0.4 is 5.73 Å². The minimum Gasteiger partial charge on any atom is -0.508 e. The largest absolute Gasteiger partial charge is 0.508 e. The van der Waals surface area contributed by atoms with Gasteiger partial charge in [0.1, 0.15) is 22.8 Å². The zero-order valence-corrected chi connectivity index (χ0v) is 19.8. The number of carbonyl (C=O) groups is 3. The molecule has 0 spiro atoms. The molecule has 3 aliphatic rings. The highest BCUT2D eigenvalue weighted by molar-refractivity contribution is 6.24. The van der Waals surface area contributed by atoms with Crippen LogP contribution in [-0.2, 0) is 27.2 Å². The van der Waals surface area contributed by atoms with Crippen molar-refractivity contribution in [3.05, 3.63) is 45.7 Å². The molecule has 1 amide bonds. The van der Waals surface area contributed by atoms with Crippen LogP contribution in [0.4, 0.5) is 0 Å². The predicted molar refractivity (Wildman–Crippen MR) is 124 cm³/mol. The molecule has 1 saturated carbocycles. The molecule has 1 fully saturated rings. The Morgan fingerprint density at radius 1 is 1.23 bits per heavy atom. The van der Waals surface area contributed by atoms with Crippen molar-refractivity contribution in [3.63, 3.8) is 0 Å². The number of phenols is 1. The second-order valence-corrected chi connectivity index (χ2v) is 9.95. The third-order valence-electron chi connectivity index (χ3n) is 7.53. The van der Waals surface area contributed by atoms with Crippen molar-refractivity contribution in [2.45, 2.75) is 50.4 Å². The minimum absolute atomic E-state index is 0.0389. The molecule has 1 unspecified atom stereocenters. The molecule has 0 aliphatic heterocycles. The summed E-state index contributed by atoms with van der Waals surface area (Å²) in [5.74, 6) is -6.70. The average Bonchev–Trinajstić information content (AvgIpc) is 2.75. The first-order valence-corrected chi connectivity index (χ1v) is 11.5. The van der Waals surface area contributed by atoms with Crippen LogP contribution in [0.2, 0.25) is 0 Å². The van der Waals surface area contributed by atoms with Crippen molar-refractivity contribution < 1.29 is 39.9 Å². The molecular formula is C25H30N2O8. The number of fused-ring (bicyclic) bond motifs is 3. The summed E-state index contributed by atoms with van der Waals surface area (Å²) in [6.45, 7) is 1.66. The summed E-state index contributed by atoms with van der Waals surface area (Å²) in [6, 6.07) is 1.98. The summed E-state index contributed by atoms with van der Waals surface area (Å²) in [6.07, 6.45) is 0.639. The van der Waals surface area contributed by atoms with E-state index >= 15 is 0 Å². The molecule has 4 rings (SSSR count). The third-order valence-corrected chi connectivity index (χ3v) is 7.53. The number of amides is 1. The molecule has 0 aromatic heterocycles. The first kappa shape index (κ1) is 24.9. The number of nitrogens with zero attached hydrogens (tertiary/aromatic N) is 1. The standard InChI is InChI=1S/C25H30N2O8/c1-10(28)4-5-11-6-7-15(29)17-13(11)8-12-9-14-19(27(2)3)21(31)18(24(26)34)23(33)25(14,35)22(32)16(12)20(17)30/h6-7,10,12,14,19,28-30,33,35H,4-5,8-9H2,1-3H3,(H2,26,34)/t10?,12-,14-,19-,25+/m1/s1. The maximum atomic E-state index is 13.7. The first-order valence-electron chi connectivity index (χ1n) is 11.5. The Morgan fingerprint density at radius 3 is 2.46 bits per heavy atom. The van der Waals surface area contributed by atoms with Crippen LogP contribution in [0.5, 0.6) is 5.75 Å². The highest BCUT2D eigenvalue weighted by atomic mass is 16.3. The van der Waals surface area contributed by atoms with Gasteiger partial charge in [-0.2, -0.15) is 0 Å². The maximum absolute atomic E-state index is 13.7. The number of nitrogens with two attached hydrogens (primary N) is 1. The van der Waals surface area contributed by atoms with Crippen molar-refractivity contribution in [3.8, 4) is 5.75 Å². The topological polar surface area (TPSA) is 182 Å². The van der Waals surface area contributed by atoms with Gasteiger partial charge >= 0.3 is 0 Å². The Labute approximate surface area is 202 Å². The van der Waals surface area contributed by atoms with E-state index in [1.807, 2.05) is 0 Å². The highest BCUT2D eigenvalue weighted by Crippen LogP contribution is 2.53. The molecule has 0 saturated heterocycles. The van der Waals surface area contributed by atoms with Gasteiger partial charge in [0.05, 0.1) is 17.7 Å². The number of carbonyl (C=O) groups excluding carboxylic acids is 3. The number of aromatic hydroxyl groups is 1. The predicted octanol–water partition coefficient (Wildman–Crippen LogP) is 0.277. The number of aryl methyl sites for hydroxylation is 1. The molecular weight excluding hydrogens is 456 g/mol. The zero-order chi connectivity index (χ0) is 26.0. The quantitative estimate of drug-likeness (QED) is 0.318. The number of aliphatic hydroxyl groups is 4. The number of Topliss-reactive ketones (excluding diaryl/α,β-unsaturated/α-hetero) is 2. The molecule has 0 heterocycles. The van der Waals surface area contributed by atoms with Crippen LogP contribution in [0.3, 0.4) is 0 Å². The van der Waals surface area contributed by atoms with Gasteiger partial charge in [-0.05, 0) is 69.8 Å². The molecule has 1 aromatic carbocycles. The molecule has 35 heavy (non-hydrogen) atoms. The van der Waals surface area contributed by atoms with Crippen LogP contribution in [0.25, 0.3) is 5.76 Å². The van der Waals surface area contributed by atoms with E-state index in [0.29, 0.717) is 18.4 Å². The summed E-state index contributed by atoms with van der Waals surface area (Å²) in [5.41, 5.74) is 3.12. The van der Waals surface area contributed by atoms with Crippen LogP contribution in [0.1, 0.15) is 36.5 Å². The van der Waals surface area contributed by atoms with Crippen LogP contribution in [0.15, 0.2) is 29.0 Å². The second-order valence-electron chi connectivity index (χ2n) is 9.95. The summed E-state index contributed by atoms with van der Waals surface area (Å²) in [5, 5.41) is 53.8. The van der Waals surface area contributed by atoms with Gasteiger partial charge in [0.15, 0.2) is 11.4 Å². The van der Waals surface area contributed by atoms with E-state index in [4.69, 9.17) is 5.73 Å². The molecule has 10 nitrogen and oxygen atoms in total. The van der Waals surface area contributed by atoms with Crippen molar-refractivity contribution in [2.24, 2.45) is 17.6 Å². The molecule has 10 heteroatoms. The Hall–Kier alpha value is -3.21. The van der Waals surface area contributed by atoms with Gasteiger partial charge in [-0.25, -0.2) is 0 Å². The van der Waals surface area contributed by atoms with E-state index in [-0.39, 0.29) is 29.7 Å². The van der Waals surface area contributed by atoms with Gasteiger partial charge < -0.3 is 31.3 Å². The van der Waals surface area contributed by atoms with Crippen LogP contribution in [-0.4, -0.2) is 79.7 Å². The normalized spacial score (nSPS) is 29.1. The van der Waals surface area contributed by atoms with E-state index in [9.17, 15) is 39.9 Å². The van der Waals surface area contributed by atoms with E-state index in [1.54, 1.807) is 27.1 Å². The lowest BCUT2D eigenvalue weighted by Crippen LogP contribution is -2.65. The fourth-order valence-corrected chi connectivity index (χ4v) is 5.91. The average molecular weight is 487 g/mol. The number of likely N-dealkylation sites (N-methyl/N-ethyl adjacent to an activating group) is 1. The number of ketones is 2. The zero-order valence-electron chi connectivity index (χ0n) is 19.8. The highest BCUT2D eigenvalue weighted by Gasteiger charge is 2.64. The molecule has 188 valence electrons. The molecule has 0 bridgehead atoms. The number of aliphatic hydroxyl groups excluding tert-OH is 3. The lowest BCUT2D eigenvalue weighted by Gasteiger charge is -2.50. The van der Waals surface area contributed by atoms with Crippen LogP contribution in [0, 0.1) is 11.8 Å². The number of benzene rings is 1. The Bertz CT molecular complexity index is 1200. The fourth-order valence-electron chi connectivity index (χ4n) is 5.91. The van der Waals surface area contributed by atoms with Crippen molar-refractivity contribution in [2.75, 3.05) is 14.1 Å². The summed E-state index contributed by atoms with van der Waals surface area (Å²) in [4.78, 5) is 40.3. The Kier molecular flexibility index (Phi) is 6.03. The number of phenolic OH excluding ortho intramolecular Hbond substituents is 1. The molecule has 3 aliphatic carbocycles. The minimum atomic E-state index is -2.65. The first-order chi connectivity index (χ1) is 16.3. The number of hydrogen-bond acceptors (Lipinski definition) is 9. The SMILES string of the molecule is CC(O)CCc1ccc(O)c2c1C[C@@H]1C[C@@H]3[C@@H](N(C)C)C(=O)C(C(N)=O)=C(O)[C@@]3(O)C(=O)C1=C2O. The van der Waals surface area contributed by atoms with E-state index in [2.05, 4.69) is 0 Å². The van der Waals surface area contributed by atoms with Crippen molar-refractivity contribution in [1.29, 1.82) is 0 Å². The van der Waals surface area contributed by atoms with Crippen molar-refractivity contribution in [1.82, 2.24) is 4.90 Å². The summed E-state index contributed by atoms with van der Waals surface area (Å²) >= 11 is 0. The Morgan fingerprint density at radius 2 is 1.89 bits per heavy atom. The number of hydrogen-bond donors (Lipinski definition) is 6.